The summed E-state index contributed by atoms with van der Waals surface area (Å²) < 4.78 is 1.82. The molecule has 2 aliphatic heterocycles. The number of aryl methyl sites for hydroxylation is 1. The third-order valence-corrected chi connectivity index (χ3v) is 5.73. The number of nitrogens with zero attached hydrogens (tertiary/aromatic N) is 4. The molecule has 1 aromatic carbocycles. The van der Waals surface area contributed by atoms with Crippen molar-refractivity contribution in [1.29, 1.82) is 0 Å². The summed E-state index contributed by atoms with van der Waals surface area (Å²) >= 11 is 0. The predicted molar refractivity (Wildman–Crippen MR) is 108 cm³/mol. The summed E-state index contributed by atoms with van der Waals surface area (Å²) in [7, 11) is 1.89. The molecule has 0 saturated carbocycles. The Labute approximate surface area is 172 Å². The first-order chi connectivity index (χ1) is 14.5. The Balaban J connectivity index is 1.49. The van der Waals surface area contributed by atoms with Crippen LogP contribution in [0.4, 0.5) is 0 Å². The average molecular weight is 401 g/mol. The number of hydrogen-bond donors (Lipinski definition) is 1. The van der Waals surface area contributed by atoms with Gasteiger partial charge in [-0.2, -0.15) is 5.10 Å². The van der Waals surface area contributed by atoms with E-state index in [2.05, 4.69) is 15.4 Å². The van der Waals surface area contributed by atoms with Crippen molar-refractivity contribution in [2.75, 3.05) is 0 Å². The molecular weight excluding hydrogens is 382 g/mol. The molecule has 0 aliphatic carbocycles. The van der Waals surface area contributed by atoms with E-state index >= 15 is 0 Å². The second-order valence-electron chi connectivity index (χ2n) is 7.54. The molecule has 0 spiro atoms. The van der Waals surface area contributed by atoms with E-state index in [0.717, 1.165) is 27.9 Å². The van der Waals surface area contributed by atoms with Crippen LogP contribution in [0.3, 0.4) is 0 Å². The Morgan fingerprint density at radius 3 is 2.60 bits per heavy atom. The summed E-state index contributed by atoms with van der Waals surface area (Å²) in [6.45, 7) is 0.346. The van der Waals surface area contributed by atoms with E-state index in [9.17, 15) is 14.4 Å². The van der Waals surface area contributed by atoms with Gasteiger partial charge in [-0.05, 0) is 41.8 Å². The van der Waals surface area contributed by atoms with Crippen molar-refractivity contribution in [3.05, 3.63) is 60.0 Å². The molecule has 1 unspecified atom stereocenters. The molecule has 8 heteroatoms. The third kappa shape index (κ3) is 2.88. The number of benzene rings is 1. The van der Waals surface area contributed by atoms with Crippen LogP contribution in [0, 0.1) is 0 Å². The molecule has 2 aromatic heterocycles. The Kier molecular flexibility index (Phi) is 4.20. The number of carbonyl (C=O) groups excluding carboxylic acids is 3. The van der Waals surface area contributed by atoms with E-state index in [4.69, 9.17) is 0 Å². The first-order valence-electron chi connectivity index (χ1n) is 9.73. The standard InChI is InChI=1S/C22H19N5O3/c1-26-20(13-6-8-23-9-7-13)17(11-24-26)14-2-3-16-15(10-14)12-27(22(16)30)18-4-5-19(28)25-21(18)29/h2-3,6-11,18H,4-5,12H2,1H3,(H,25,28,29). The van der Waals surface area contributed by atoms with E-state index in [1.165, 1.54) is 0 Å². The Morgan fingerprint density at radius 2 is 1.83 bits per heavy atom. The fourth-order valence-corrected chi connectivity index (χ4v) is 4.24. The number of pyridine rings is 1. The zero-order valence-corrected chi connectivity index (χ0v) is 16.3. The van der Waals surface area contributed by atoms with Gasteiger partial charge in [0.2, 0.25) is 11.8 Å². The molecule has 150 valence electrons. The molecular formula is C22H19N5O3. The maximum absolute atomic E-state index is 12.9. The van der Waals surface area contributed by atoms with Crippen molar-refractivity contribution in [1.82, 2.24) is 25.0 Å². The molecule has 1 fully saturated rings. The Hall–Kier alpha value is -3.81. The van der Waals surface area contributed by atoms with Gasteiger partial charge in [0.25, 0.3) is 5.91 Å². The number of imide groups is 1. The topological polar surface area (TPSA) is 97.2 Å². The summed E-state index contributed by atoms with van der Waals surface area (Å²) in [6, 6.07) is 8.96. The van der Waals surface area contributed by atoms with Gasteiger partial charge in [-0.15, -0.1) is 0 Å². The van der Waals surface area contributed by atoms with Crippen molar-refractivity contribution >= 4 is 17.7 Å². The van der Waals surface area contributed by atoms with Crippen LogP contribution in [0.15, 0.2) is 48.9 Å². The number of fused-ring (bicyclic) bond motifs is 1. The zero-order valence-electron chi connectivity index (χ0n) is 16.3. The van der Waals surface area contributed by atoms with E-state index < -0.39 is 11.9 Å². The predicted octanol–water partition coefficient (Wildman–Crippen LogP) is 1.91. The fourth-order valence-electron chi connectivity index (χ4n) is 4.24. The van der Waals surface area contributed by atoms with Crippen molar-refractivity contribution < 1.29 is 14.4 Å². The highest BCUT2D eigenvalue weighted by atomic mass is 16.2. The Morgan fingerprint density at radius 1 is 1.03 bits per heavy atom. The quantitative estimate of drug-likeness (QED) is 0.676. The molecule has 3 amide bonds. The van der Waals surface area contributed by atoms with Gasteiger partial charge in [0.1, 0.15) is 6.04 Å². The summed E-state index contributed by atoms with van der Waals surface area (Å²) in [5, 5.41) is 6.75. The maximum atomic E-state index is 12.9. The van der Waals surface area contributed by atoms with Gasteiger partial charge in [-0.25, -0.2) is 0 Å². The summed E-state index contributed by atoms with van der Waals surface area (Å²) in [5.74, 6) is -0.866. The molecule has 30 heavy (non-hydrogen) atoms. The molecule has 0 bridgehead atoms. The maximum Gasteiger partial charge on any atom is 0.255 e. The molecule has 1 N–H and O–H groups in total. The molecule has 0 radical (unpaired) electrons. The molecule has 2 aliphatic rings. The summed E-state index contributed by atoms with van der Waals surface area (Å²) in [6.07, 6.45) is 5.89. The van der Waals surface area contributed by atoms with Crippen molar-refractivity contribution in [3.8, 4) is 22.4 Å². The molecule has 1 atom stereocenters. The van der Waals surface area contributed by atoms with Gasteiger partial charge >= 0.3 is 0 Å². The van der Waals surface area contributed by atoms with Crippen molar-refractivity contribution in [3.63, 3.8) is 0 Å². The monoisotopic (exact) mass is 401 g/mol. The minimum Gasteiger partial charge on any atom is -0.322 e. The highest BCUT2D eigenvalue weighted by Crippen LogP contribution is 2.35. The van der Waals surface area contributed by atoms with Gasteiger partial charge in [0.05, 0.1) is 11.9 Å². The number of carbonyl (C=O) groups is 3. The second kappa shape index (κ2) is 6.91. The third-order valence-electron chi connectivity index (χ3n) is 5.73. The summed E-state index contributed by atoms with van der Waals surface area (Å²) in [5.41, 5.74) is 5.33. The number of piperidine rings is 1. The fraction of sp³-hybridized carbons (Fsp3) is 0.227. The van der Waals surface area contributed by atoms with Gasteiger partial charge in [-0.1, -0.05) is 6.07 Å². The minimum atomic E-state index is -0.614. The van der Waals surface area contributed by atoms with Crippen LogP contribution in [-0.4, -0.2) is 43.4 Å². The van der Waals surface area contributed by atoms with Gasteiger partial charge in [0.15, 0.2) is 0 Å². The number of hydrogen-bond acceptors (Lipinski definition) is 5. The minimum absolute atomic E-state index is 0.174. The van der Waals surface area contributed by atoms with E-state index in [0.29, 0.717) is 18.5 Å². The molecule has 8 nitrogen and oxygen atoms in total. The van der Waals surface area contributed by atoms with Crippen LogP contribution in [-0.2, 0) is 23.2 Å². The van der Waals surface area contributed by atoms with Crippen molar-refractivity contribution in [2.45, 2.75) is 25.4 Å². The number of rotatable bonds is 3. The SMILES string of the molecule is Cn1ncc(-c2ccc3c(c2)CN(C2CCC(=O)NC2=O)C3=O)c1-c1ccncc1. The first-order valence-corrected chi connectivity index (χ1v) is 9.73. The molecule has 5 rings (SSSR count). The van der Waals surface area contributed by atoms with Crippen LogP contribution in [0.25, 0.3) is 22.4 Å². The number of amides is 3. The van der Waals surface area contributed by atoms with E-state index in [1.54, 1.807) is 17.3 Å². The zero-order chi connectivity index (χ0) is 20.8. The largest absolute Gasteiger partial charge is 0.322 e. The molecule has 4 heterocycles. The normalized spacial score (nSPS) is 18.5. The van der Waals surface area contributed by atoms with E-state index in [-0.39, 0.29) is 18.2 Å². The van der Waals surface area contributed by atoms with Crippen LogP contribution in [0.1, 0.15) is 28.8 Å². The number of aromatic nitrogens is 3. The van der Waals surface area contributed by atoms with Crippen LogP contribution >= 0.6 is 0 Å². The van der Waals surface area contributed by atoms with Gasteiger partial charge in [-0.3, -0.25) is 29.4 Å². The molecule has 1 saturated heterocycles. The lowest BCUT2D eigenvalue weighted by molar-refractivity contribution is -0.136. The van der Waals surface area contributed by atoms with E-state index in [1.807, 2.05) is 48.3 Å². The van der Waals surface area contributed by atoms with Crippen LogP contribution in [0.2, 0.25) is 0 Å². The second-order valence-corrected chi connectivity index (χ2v) is 7.54. The van der Waals surface area contributed by atoms with Crippen molar-refractivity contribution in [2.24, 2.45) is 7.05 Å². The first kappa shape index (κ1) is 18.2. The van der Waals surface area contributed by atoms with Crippen LogP contribution < -0.4 is 5.32 Å². The lowest BCUT2D eigenvalue weighted by atomic mass is 9.98. The number of nitrogens with one attached hydrogen (secondary N) is 1. The molecule has 3 aromatic rings. The lowest BCUT2D eigenvalue weighted by Crippen LogP contribution is -2.52. The van der Waals surface area contributed by atoms with Gasteiger partial charge < -0.3 is 4.90 Å². The summed E-state index contributed by atoms with van der Waals surface area (Å²) in [4.78, 5) is 42.2. The highest BCUT2D eigenvalue weighted by molar-refractivity contribution is 6.05. The lowest BCUT2D eigenvalue weighted by Gasteiger charge is -2.29. The smallest absolute Gasteiger partial charge is 0.255 e. The van der Waals surface area contributed by atoms with Crippen LogP contribution in [0.5, 0.6) is 0 Å². The Bertz CT molecular complexity index is 1180. The highest BCUT2D eigenvalue weighted by Gasteiger charge is 2.39. The average Bonchev–Trinajstić information content (AvgIpc) is 3.28. The van der Waals surface area contributed by atoms with Gasteiger partial charge in [0, 0.05) is 49.1 Å².